The fourth-order valence-electron chi connectivity index (χ4n) is 1.23. The molecule has 1 rings (SSSR count). The number of hydrogen-bond acceptors (Lipinski definition) is 1. The number of likely N-dealkylation sites (tertiary alicyclic amines) is 1. The van der Waals surface area contributed by atoms with Crippen LogP contribution in [0, 0.1) is 6.92 Å². The lowest BCUT2D eigenvalue weighted by molar-refractivity contribution is 0.466. The van der Waals surface area contributed by atoms with Gasteiger partial charge in [0.1, 0.15) is 0 Å². The molecule has 0 aromatic carbocycles. The minimum absolute atomic E-state index is 1.02. The molecule has 0 atom stereocenters. The van der Waals surface area contributed by atoms with Crippen LogP contribution in [0.1, 0.15) is 25.7 Å². The first kappa shape index (κ1) is 7.64. The molecule has 0 bridgehead atoms. The summed E-state index contributed by atoms with van der Waals surface area (Å²) in [5.41, 5.74) is 0. The second kappa shape index (κ2) is 4.37. The number of hydrogen-bond donors (Lipinski definition) is 0. The van der Waals surface area contributed by atoms with Gasteiger partial charge in [-0.3, -0.25) is 0 Å². The first-order valence-electron chi connectivity index (χ1n) is 4.13. The third-order valence-corrected chi connectivity index (χ3v) is 1.83. The van der Waals surface area contributed by atoms with Crippen LogP contribution in [0.25, 0.3) is 0 Å². The molecule has 0 aromatic heterocycles. The third kappa shape index (κ3) is 2.42. The average Bonchev–Trinajstić information content (AvgIpc) is 2.41. The molecule has 57 valence electrons. The van der Waals surface area contributed by atoms with Gasteiger partial charge in [-0.2, -0.15) is 0 Å². The van der Waals surface area contributed by atoms with E-state index in [2.05, 4.69) is 24.1 Å². The van der Waals surface area contributed by atoms with Crippen molar-refractivity contribution >= 4 is 0 Å². The van der Waals surface area contributed by atoms with Crippen LogP contribution in [0.5, 0.6) is 0 Å². The maximum Gasteiger partial charge on any atom is 0.0173 e. The summed E-state index contributed by atoms with van der Waals surface area (Å²) in [5.74, 6) is 0. The summed E-state index contributed by atoms with van der Waals surface area (Å²) in [7, 11) is 0. The van der Waals surface area contributed by atoms with E-state index < -0.39 is 0 Å². The molecule has 0 aliphatic carbocycles. The fourth-order valence-corrected chi connectivity index (χ4v) is 1.23. The Bertz CT molecular complexity index is 101. The van der Waals surface area contributed by atoms with Crippen LogP contribution in [0.15, 0.2) is 12.3 Å². The number of rotatable bonds is 3. The predicted octanol–water partition coefficient (Wildman–Crippen LogP) is 2.21. The molecule has 10 heavy (non-hydrogen) atoms. The fraction of sp³-hybridized carbons (Fsp3) is 0.667. The first-order valence-corrected chi connectivity index (χ1v) is 4.13. The standard InChI is InChI=1S/C9H16N/c1-2-3-4-7-10-8-5-6-9-10/h4,7H,1-3,5-6,8-9H2/b7-4+. The summed E-state index contributed by atoms with van der Waals surface area (Å²) in [4.78, 5) is 2.38. The van der Waals surface area contributed by atoms with Crippen molar-refractivity contribution < 1.29 is 0 Å². The van der Waals surface area contributed by atoms with Crippen molar-refractivity contribution in [3.8, 4) is 0 Å². The molecule has 1 heteroatoms. The monoisotopic (exact) mass is 138 g/mol. The topological polar surface area (TPSA) is 3.24 Å². The average molecular weight is 138 g/mol. The van der Waals surface area contributed by atoms with E-state index in [1.54, 1.807) is 0 Å². The van der Waals surface area contributed by atoms with Crippen molar-refractivity contribution in [2.45, 2.75) is 25.7 Å². The molecular weight excluding hydrogens is 122 g/mol. The summed E-state index contributed by atoms with van der Waals surface area (Å²) in [6.45, 7) is 6.30. The maximum atomic E-state index is 3.78. The highest BCUT2D eigenvalue weighted by atomic mass is 15.1. The Morgan fingerprint density at radius 1 is 1.30 bits per heavy atom. The molecule has 1 aliphatic rings. The zero-order valence-electron chi connectivity index (χ0n) is 6.55. The van der Waals surface area contributed by atoms with Crippen molar-refractivity contribution in [3.05, 3.63) is 19.2 Å². The van der Waals surface area contributed by atoms with E-state index >= 15 is 0 Å². The van der Waals surface area contributed by atoms with Gasteiger partial charge in [0.2, 0.25) is 0 Å². The summed E-state index contributed by atoms with van der Waals surface area (Å²) in [6, 6.07) is 0. The van der Waals surface area contributed by atoms with Gasteiger partial charge in [-0.15, -0.1) is 0 Å². The van der Waals surface area contributed by atoms with Gasteiger partial charge in [-0.25, -0.2) is 0 Å². The van der Waals surface area contributed by atoms with E-state index in [0.717, 1.165) is 12.8 Å². The minimum atomic E-state index is 1.02. The molecule has 0 unspecified atom stereocenters. The summed E-state index contributed by atoms with van der Waals surface area (Å²) >= 11 is 0. The van der Waals surface area contributed by atoms with Crippen LogP contribution in [0.3, 0.4) is 0 Å². The number of allylic oxidation sites excluding steroid dienone is 1. The highest BCUT2D eigenvalue weighted by Crippen LogP contribution is 2.07. The quantitative estimate of drug-likeness (QED) is 0.578. The SMILES string of the molecule is [CH2]CC/C=C/N1CCCC1. The van der Waals surface area contributed by atoms with E-state index in [-0.39, 0.29) is 0 Å². The molecular formula is C9H16N. The Labute approximate surface area is 63.7 Å². The third-order valence-electron chi connectivity index (χ3n) is 1.83. The lowest BCUT2D eigenvalue weighted by atomic mass is 10.3. The smallest absolute Gasteiger partial charge is 0.0173 e. The second-order valence-electron chi connectivity index (χ2n) is 2.77. The summed E-state index contributed by atoms with van der Waals surface area (Å²) in [5, 5.41) is 0. The predicted molar refractivity (Wildman–Crippen MR) is 44.5 cm³/mol. The van der Waals surface area contributed by atoms with E-state index in [1.165, 1.54) is 25.9 Å². The van der Waals surface area contributed by atoms with Gasteiger partial charge < -0.3 is 4.90 Å². The van der Waals surface area contributed by atoms with Crippen LogP contribution >= 0.6 is 0 Å². The minimum Gasteiger partial charge on any atom is -0.378 e. The van der Waals surface area contributed by atoms with Crippen LogP contribution in [-0.4, -0.2) is 18.0 Å². The highest BCUT2D eigenvalue weighted by Gasteiger charge is 2.05. The molecule has 1 saturated heterocycles. The van der Waals surface area contributed by atoms with Gasteiger partial charge in [-0.05, 0) is 31.9 Å². The molecule has 1 radical (unpaired) electrons. The van der Waals surface area contributed by atoms with Crippen LogP contribution in [0.2, 0.25) is 0 Å². The van der Waals surface area contributed by atoms with Crippen molar-refractivity contribution in [3.63, 3.8) is 0 Å². The Morgan fingerprint density at radius 3 is 2.60 bits per heavy atom. The highest BCUT2D eigenvalue weighted by molar-refractivity contribution is 4.84. The van der Waals surface area contributed by atoms with Crippen molar-refractivity contribution in [1.29, 1.82) is 0 Å². The zero-order valence-corrected chi connectivity index (χ0v) is 6.55. The zero-order chi connectivity index (χ0) is 7.23. The molecule has 0 N–H and O–H groups in total. The van der Waals surface area contributed by atoms with Gasteiger partial charge in [0, 0.05) is 13.1 Å². The summed E-state index contributed by atoms with van der Waals surface area (Å²) < 4.78 is 0. The number of nitrogens with zero attached hydrogens (tertiary/aromatic N) is 1. The van der Waals surface area contributed by atoms with E-state index in [1.807, 2.05) is 0 Å². The molecule has 1 heterocycles. The second-order valence-corrected chi connectivity index (χ2v) is 2.77. The van der Waals surface area contributed by atoms with Gasteiger partial charge in [0.15, 0.2) is 0 Å². The molecule has 1 fully saturated rings. The van der Waals surface area contributed by atoms with Gasteiger partial charge in [0.25, 0.3) is 0 Å². The van der Waals surface area contributed by atoms with E-state index in [9.17, 15) is 0 Å². The van der Waals surface area contributed by atoms with Crippen molar-refractivity contribution in [1.82, 2.24) is 4.90 Å². The van der Waals surface area contributed by atoms with Gasteiger partial charge in [0.05, 0.1) is 0 Å². The Morgan fingerprint density at radius 2 is 2.00 bits per heavy atom. The Hall–Kier alpha value is -0.460. The Kier molecular flexibility index (Phi) is 3.34. The molecule has 0 saturated carbocycles. The molecule has 0 spiro atoms. The van der Waals surface area contributed by atoms with Crippen LogP contribution < -0.4 is 0 Å². The Balaban J connectivity index is 2.10. The normalized spacial score (nSPS) is 19.1. The molecule has 0 aromatic rings. The van der Waals surface area contributed by atoms with Crippen LogP contribution in [0.4, 0.5) is 0 Å². The lowest BCUT2D eigenvalue weighted by Crippen LogP contribution is -2.09. The number of unbranched alkanes of at least 4 members (excludes halogenated alkanes) is 1. The van der Waals surface area contributed by atoms with Crippen molar-refractivity contribution in [2.24, 2.45) is 0 Å². The molecule has 0 amide bonds. The van der Waals surface area contributed by atoms with Gasteiger partial charge in [-0.1, -0.05) is 13.0 Å². The van der Waals surface area contributed by atoms with E-state index in [4.69, 9.17) is 0 Å². The lowest BCUT2D eigenvalue weighted by Gasteiger charge is -2.09. The summed E-state index contributed by atoms with van der Waals surface area (Å²) in [6.07, 6.45) is 9.32. The van der Waals surface area contributed by atoms with Gasteiger partial charge >= 0.3 is 0 Å². The van der Waals surface area contributed by atoms with Crippen molar-refractivity contribution in [2.75, 3.05) is 13.1 Å². The first-order chi connectivity index (χ1) is 4.93. The molecule has 1 aliphatic heterocycles. The largest absolute Gasteiger partial charge is 0.378 e. The maximum absolute atomic E-state index is 3.78. The van der Waals surface area contributed by atoms with E-state index in [0.29, 0.717) is 0 Å². The molecule has 1 nitrogen and oxygen atoms in total. The van der Waals surface area contributed by atoms with Crippen LogP contribution in [-0.2, 0) is 0 Å².